The molecule has 88 valence electrons. The summed E-state index contributed by atoms with van der Waals surface area (Å²) in [5.41, 5.74) is 0.0749. The summed E-state index contributed by atoms with van der Waals surface area (Å²) in [6, 6.07) is 0.690. The second kappa shape index (κ2) is 5.31. The molecule has 2 N–H and O–H groups in total. The van der Waals surface area contributed by atoms with Crippen molar-refractivity contribution in [3.63, 3.8) is 0 Å². The molecule has 0 radical (unpaired) electrons. The number of nitrogens with one attached hydrogen (secondary N) is 1. The van der Waals surface area contributed by atoms with E-state index in [1.807, 2.05) is 0 Å². The van der Waals surface area contributed by atoms with Gasteiger partial charge in [0.2, 0.25) is 0 Å². The van der Waals surface area contributed by atoms with Gasteiger partial charge in [-0.3, -0.25) is 0 Å². The summed E-state index contributed by atoms with van der Waals surface area (Å²) in [6.07, 6.45) is 13.0. The van der Waals surface area contributed by atoms with Crippen LogP contribution in [0, 0.1) is 0 Å². The quantitative estimate of drug-likeness (QED) is 0.703. The highest BCUT2D eigenvalue weighted by molar-refractivity contribution is 4.92. The molecule has 2 heteroatoms. The fourth-order valence-corrected chi connectivity index (χ4v) is 3.26. The van der Waals surface area contributed by atoms with Gasteiger partial charge in [0.15, 0.2) is 0 Å². The lowest BCUT2D eigenvalue weighted by molar-refractivity contribution is 0.131. The lowest BCUT2D eigenvalue weighted by atomic mass is 9.90. The van der Waals surface area contributed by atoms with Gasteiger partial charge in [-0.05, 0) is 25.7 Å². The van der Waals surface area contributed by atoms with Crippen molar-refractivity contribution < 1.29 is 5.11 Å². The first-order valence-corrected chi connectivity index (χ1v) is 6.73. The predicted molar refractivity (Wildman–Crippen MR) is 62.9 cm³/mol. The van der Waals surface area contributed by atoms with Gasteiger partial charge in [0.05, 0.1) is 6.61 Å². The van der Waals surface area contributed by atoms with Gasteiger partial charge in [0.25, 0.3) is 0 Å². The Morgan fingerprint density at radius 1 is 0.933 bits per heavy atom. The van der Waals surface area contributed by atoms with E-state index < -0.39 is 0 Å². The Hall–Kier alpha value is -0.0800. The first kappa shape index (κ1) is 11.4. The van der Waals surface area contributed by atoms with E-state index in [0.717, 1.165) is 0 Å². The average molecular weight is 211 g/mol. The summed E-state index contributed by atoms with van der Waals surface area (Å²) >= 11 is 0. The zero-order valence-corrected chi connectivity index (χ0v) is 9.80. The third-order valence-electron chi connectivity index (χ3n) is 4.23. The number of aliphatic hydroxyl groups excluding tert-OH is 1. The highest BCUT2D eigenvalue weighted by atomic mass is 16.3. The molecule has 0 aliphatic heterocycles. The first-order valence-electron chi connectivity index (χ1n) is 6.73. The van der Waals surface area contributed by atoms with E-state index in [4.69, 9.17) is 0 Å². The van der Waals surface area contributed by atoms with Crippen molar-refractivity contribution in [1.29, 1.82) is 0 Å². The van der Waals surface area contributed by atoms with Crippen molar-refractivity contribution >= 4 is 0 Å². The lowest BCUT2D eigenvalue weighted by Crippen LogP contribution is -2.52. The summed E-state index contributed by atoms with van der Waals surface area (Å²) in [5, 5.41) is 13.4. The van der Waals surface area contributed by atoms with Gasteiger partial charge in [-0.1, -0.05) is 38.5 Å². The van der Waals surface area contributed by atoms with Crippen molar-refractivity contribution in [2.45, 2.75) is 75.8 Å². The second-order valence-corrected chi connectivity index (χ2v) is 5.48. The summed E-state index contributed by atoms with van der Waals surface area (Å²) in [4.78, 5) is 0. The molecule has 0 spiro atoms. The zero-order chi connectivity index (χ0) is 10.6. The van der Waals surface area contributed by atoms with E-state index in [9.17, 15) is 5.11 Å². The number of hydrogen-bond acceptors (Lipinski definition) is 2. The molecule has 15 heavy (non-hydrogen) atoms. The first-order chi connectivity index (χ1) is 7.35. The topological polar surface area (TPSA) is 32.3 Å². The SMILES string of the molecule is OCC1(NC2CCCC2)CCCCCC1. The van der Waals surface area contributed by atoms with Crippen molar-refractivity contribution in [1.82, 2.24) is 5.32 Å². The maximum Gasteiger partial charge on any atom is 0.0613 e. The Kier molecular flexibility index (Phi) is 4.04. The van der Waals surface area contributed by atoms with E-state index in [0.29, 0.717) is 12.6 Å². The molecule has 0 heterocycles. The molecule has 0 aromatic carbocycles. The van der Waals surface area contributed by atoms with Gasteiger partial charge in [0, 0.05) is 11.6 Å². The van der Waals surface area contributed by atoms with Crippen LogP contribution in [-0.2, 0) is 0 Å². The Balaban J connectivity index is 1.92. The van der Waals surface area contributed by atoms with Gasteiger partial charge in [-0.2, -0.15) is 0 Å². The highest BCUT2D eigenvalue weighted by Crippen LogP contribution is 2.29. The molecule has 2 aliphatic rings. The minimum Gasteiger partial charge on any atom is -0.394 e. The molecule has 0 unspecified atom stereocenters. The minimum atomic E-state index is 0.0749. The molecule has 0 aromatic heterocycles. The molecule has 2 saturated carbocycles. The van der Waals surface area contributed by atoms with Gasteiger partial charge < -0.3 is 10.4 Å². The summed E-state index contributed by atoms with van der Waals surface area (Å²) in [6.45, 7) is 0.337. The van der Waals surface area contributed by atoms with Crippen LogP contribution in [0.3, 0.4) is 0 Å². The molecule has 2 aliphatic carbocycles. The highest BCUT2D eigenvalue weighted by Gasteiger charge is 2.32. The lowest BCUT2D eigenvalue weighted by Gasteiger charge is -2.35. The Bertz CT molecular complexity index is 179. The molecule has 0 atom stereocenters. The second-order valence-electron chi connectivity index (χ2n) is 5.48. The van der Waals surface area contributed by atoms with Crippen LogP contribution in [0.4, 0.5) is 0 Å². The third-order valence-corrected chi connectivity index (χ3v) is 4.23. The molecule has 2 fully saturated rings. The van der Waals surface area contributed by atoms with Crippen molar-refractivity contribution in [2.75, 3.05) is 6.61 Å². The van der Waals surface area contributed by atoms with Crippen LogP contribution in [0.5, 0.6) is 0 Å². The minimum absolute atomic E-state index is 0.0749. The molecule has 0 saturated heterocycles. The van der Waals surface area contributed by atoms with Crippen LogP contribution < -0.4 is 5.32 Å². The Labute approximate surface area is 93.5 Å². The maximum atomic E-state index is 9.66. The van der Waals surface area contributed by atoms with Crippen LogP contribution >= 0.6 is 0 Å². The average Bonchev–Trinajstić information content (AvgIpc) is 2.64. The Morgan fingerprint density at radius 3 is 2.07 bits per heavy atom. The van der Waals surface area contributed by atoms with Gasteiger partial charge >= 0.3 is 0 Å². The standard InChI is InChI=1S/C13H25NO/c15-11-13(9-5-1-2-6-10-13)14-12-7-3-4-8-12/h12,14-15H,1-11H2. The van der Waals surface area contributed by atoms with E-state index in [2.05, 4.69) is 5.32 Å². The molecule has 2 rings (SSSR count). The van der Waals surface area contributed by atoms with E-state index in [1.54, 1.807) is 0 Å². The molecular formula is C13H25NO. The van der Waals surface area contributed by atoms with Crippen molar-refractivity contribution in [3.8, 4) is 0 Å². The smallest absolute Gasteiger partial charge is 0.0613 e. The fraction of sp³-hybridized carbons (Fsp3) is 1.00. The molecule has 0 bridgehead atoms. The van der Waals surface area contributed by atoms with E-state index >= 15 is 0 Å². The number of aliphatic hydroxyl groups is 1. The predicted octanol–water partition coefficient (Wildman–Crippen LogP) is 2.60. The van der Waals surface area contributed by atoms with Crippen molar-refractivity contribution in [2.24, 2.45) is 0 Å². The van der Waals surface area contributed by atoms with Gasteiger partial charge in [-0.25, -0.2) is 0 Å². The van der Waals surface area contributed by atoms with E-state index in [-0.39, 0.29) is 5.54 Å². The molecule has 2 nitrogen and oxygen atoms in total. The van der Waals surface area contributed by atoms with Crippen LogP contribution in [0.1, 0.15) is 64.2 Å². The largest absolute Gasteiger partial charge is 0.394 e. The molecular weight excluding hydrogens is 186 g/mol. The molecule has 0 amide bonds. The Morgan fingerprint density at radius 2 is 1.53 bits per heavy atom. The van der Waals surface area contributed by atoms with Crippen LogP contribution in [0.15, 0.2) is 0 Å². The number of rotatable bonds is 3. The summed E-state index contributed by atoms with van der Waals surface area (Å²) < 4.78 is 0. The molecule has 0 aromatic rings. The number of hydrogen-bond donors (Lipinski definition) is 2. The maximum absolute atomic E-state index is 9.66. The van der Waals surface area contributed by atoms with Gasteiger partial charge in [-0.15, -0.1) is 0 Å². The summed E-state index contributed by atoms with van der Waals surface area (Å²) in [5.74, 6) is 0. The monoisotopic (exact) mass is 211 g/mol. The fourth-order valence-electron chi connectivity index (χ4n) is 3.26. The van der Waals surface area contributed by atoms with Gasteiger partial charge in [0.1, 0.15) is 0 Å². The van der Waals surface area contributed by atoms with Crippen molar-refractivity contribution in [3.05, 3.63) is 0 Å². The third kappa shape index (κ3) is 2.94. The van der Waals surface area contributed by atoms with E-state index in [1.165, 1.54) is 64.2 Å². The normalized spacial score (nSPS) is 27.8. The van der Waals surface area contributed by atoms with Crippen LogP contribution in [-0.4, -0.2) is 23.3 Å². The summed E-state index contributed by atoms with van der Waals surface area (Å²) in [7, 11) is 0. The zero-order valence-electron chi connectivity index (χ0n) is 9.80. The van der Waals surface area contributed by atoms with Crippen LogP contribution in [0.2, 0.25) is 0 Å². The van der Waals surface area contributed by atoms with Crippen LogP contribution in [0.25, 0.3) is 0 Å².